The van der Waals surface area contributed by atoms with E-state index in [0.29, 0.717) is 17.8 Å². The first-order chi connectivity index (χ1) is 9.92. The Labute approximate surface area is 125 Å². The summed E-state index contributed by atoms with van der Waals surface area (Å²) in [5.74, 6) is -0.155. The highest BCUT2D eigenvalue weighted by Gasteiger charge is 2.33. The summed E-state index contributed by atoms with van der Waals surface area (Å²) in [6, 6.07) is 4.02. The van der Waals surface area contributed by atoms with Gasteiger partial charge in [0.15, 0.2) is 5.12 Å². The number of carbonyl (C=O) groups is 2. The Kier molecular flexibility index (Phi) is 4.59. The van der Waals surface area contributed by atoms with Gasteiger partial charge in [0, 0.05) is 48.5 Å². The van der Waals surface area contributed by atoms with Crippen LogP contribution >= 0.6 is 11.8 Å². The number of rotatable bonds is 4. The van der Waals surface area contributed by atoms with Gasteiger partial charge in [-0.05, 0) is 6.07 Å². The number of amides is 1. The third-order valence-electron chi connectivity index (χ3n) is 3.16. The van der Waals surface area contributed by atoms with E-state index in [1.807, 2.05) is 0 Å². The van der Waals surface area contributed by atoms with E-state index in [4.69, 9.17) is 0 Å². The van der Waals surface area contributed by atoms with Gasteiger partial charge in [-0.15, -0.1) is 0 Å². The van der Waals surface area contributed by atoms with Gasteiger partial charge in [-0.25, -0.2) is 0 Å². The first kappa shape index (κ1) is 15.5. The van der Waals surface area contributed by atoms with Gasteiger partial charge in [-0.3, -0.25) is 19.7 Å². The second-order valence-electron chi connectivity index (χ2n) is 4.67. The Morgan fingerprint density at radius 2 is 2.29 bits per heavy atom. The molecule has 2 rings (SSSR count). The number of aliphatic hydroxyl groups excluding tert-OH is 1. The molecular formula is C13H14N2O5S. The Hall–Kier alpha value is -1.93. The van der Waals surface area contributed by atoms with E-state index in [9.17, 15) is 24.8 Å². The van der Waals surface area contributed by atoms with Crippen LogP contribution in [0.25, 0.3) is 0 Å². The summed E-state index contributed by atoms with van der Waals surface area (Å²) in [6.45, 7) is 1.40. The smallest absolute Gasteiger partial charge is 0.269 e. The highest BCUT2D eigenvalue weighted by Crippen LogP contribution is 2.32. The van der Waals surface area contributed by atoms with Gasteiger partial charge in [0.1, 0.15) is 0 Å². The van der Waals surface area contributed by atoms with Crippen molar-refractivity contribution in [3.8, 4) is 0 Å². The van der Waals surface area contributed by atoms with Crippen molar-refractivity contribution in [1.29, 1.82) is 0 Å². The average molecular weight is 310 g/mol. The SMILES string of the molecule is CC(=O)SC1CC(=O)N(c2ccc([N+](=O)[O-])cc2CO)C1. The summed E-state index contributed by atoms with van der Waals surface area (Å²) < 4.78 is 0. The van der Waals surface area contributed by atoms with E-state index in [1.54, 1.807) is 0 Å². The Balaban J connectivity index is 2.27. The monoisotopic (exact) mass is 310 g/mol. The zero-order valence-electron chi connectivity index (χ0n) is 11.3. The van der Waals surface area contributed by atoms with E-state index in [0.717, 1.165) is 11.8 Å². The molecule has 1 unspecified atom stereocenters. The summed E-state index contributed by atoms with van der Waals surface area (Å²) >= 11 is 1.11. The highest BCUT2D eigenvalue weighted by molar-refractivity contribution is 8.14. The Bertz CT molecular complexity index is 604. The zero-order valence-corrected chi connectivity index (χ0v) is 12.1. The van der Waals surface area contributed by atoms with Crippen molar-refractivity contribution >= 4 is 34.2 Å². The van der Waals surface area contributed by atoms with Crippen molar-refractivity contribution < 1.29 is 19.6 Å². The molecule has 112 valence electrons. The molecule has 1 aromatic rings. The molecule has 0 spiro atoms. The van der Waals surface area contributed by atoms with Gasteiger partial charge in [-0.2, -0.15) is 0 Å². The van der Waals surface area contributed by atoms with Crippen molar-refractivity contribution in [3.63, 3.8) is 0 Å². The molecule has 0 saturated carbocycles. The van der Waals surface area contributed by atoms with Crippen LogP contribution < -0.4 is 4.90 Å². The number of nitro groups is 1. The van der Waals surface area contributed by atoms with E-state index in [2.05, 4.69) is 0 Å². The maximum atomic E-state index is 12.0. The van der Waals surface area contributed by atoms with Gasteiger partial charge < -0.3 is 10.0 Å². The topological polar surface area (TPSA) is 101 Å². The van der Waals surface area contributed by atoms with E-state index < -0.39 is 11.5 Å². The Morgan fingerprint density at radius 3 is 2.86 bits per heavy atom. The number of hydrogen-bond acceptors (Lipinski definition) is 6. The third kappa shape index (κ3) is 3.40. The summed E-state index contributed by atoms with van der Waals surface area (Å²) in [5.41, 5.74) is 0.648. The highest BCUT2D eigenvalue weighted by atomic mass is 32.2. The second-order valence-corrected chi connectivity index (χ2v) is 6.15. The maximum absolute atomic E-state index is 12.0. The maximum Gasteiger partial charge on any atom is 0.269 e. The molecule has 0 bridgehead atoms. The molecule has 1 atom stereocenters. The molecule has 0 radical (unpaired) electrons. The van der Waals surface area contributed by atoms with Gasteiger partial charge in [0.2, 0.25) is 5.91 Å². The predicted molar refractivity (Wildman–Crippen MR) is 78.0 cm³/mol. The number of nitrogens with zero attached hydrogens (tertiary/aromatic N) is 2. The van der Waals surface area contributed by atoms with Crippen LogP contribution in [0, 0.1) is 10.1 Å². The third-order valence-corrected chi connectivity index (χ3v) is 4.14. The van der Waals surface area contributed by atoms with Crippen molar-refractivity contribution in [2.24, 2.45) is 0 Å². The van der Waals surface area contributed by atoms with Gasteiger partial charge in [0.25, 0.3) is 5.69 Å². The summed E-state index contributed by atoms with van der Waals surface area (Å²) in [6.07, 6.45) is 0.242. The van der Waals surface area contributed by atoms with Crippen LogP contribution in [-0.2, 0) is 16.2 Å². The largest absolute Gasteiger partial charge is 0.392 e. The summed E-state index contributed by atoms with van der Waals surface area (Å²) in [4.78, 5) is 34.8. The number of hydrogen-bond donors (Lipinski definition) is 1. The fourth-order valence-electron chi connectivity index (χ4n) is 2.30. The van der Waals surface area contributed by atoms with E-state index >= 15 is 0 Å². The van der Waals surface area contributed by atoms with Crippen molar-refractivity contribution in [2.45, 2.75) is 25.2 Å². The van der Waals surface area contributed by atoms with Crippen molar-refractivity contribution in [1.82, 2.24) is 0 Å². The van der Waals surface area contributed by atoms with Crippen LogP contribution in [0.15, 0.2) is 18.2 Å². The number of aliphatic hydroxyl groups is 1. The van der Waals surface area contributed by atoms with Crippen LogP contribution in [0.1, 0.15) is 18.9 Å². The lowest BCUT2D eigenvalue weighted by Gasteiger charge is -2.19. The van der Waals surface area contributed by atoms with Crippen LogP contribution in [0.4, 0.5) is 11.4 Å². The first-order valence-corrected chi connectivity index (χ1v) is 7.16. The number of benzene rings is 1. The minimum Gasteiger partial charge on any atom is -0.392 e. The van der Waals surface area contributed by atoms with Crippen LogP contribution in [0.3, 0.4) is 0 Å². The lowest BCUT2D eigenvalue weighted by molar-refractivity contribution is -0.384. The lowest BCUT2D eigenvalue weighted by atomic mass is 10.1. The molecule has 1 N–H and O–H groups in total. The molecule has 0 aliphatic carbocycles. The summed E-state index contributed by atoms with van der Waals surface area (Å²) in [7, 11) is 0. The molecule has 1 aliphatic rings. The minimum absolute atomic E-state index is 0.0549. The van der Waals surface area contributed by atoms with Crippen LogP contribution in [-0.4, -0.2) is 32.8 Å². The molecule has 7 nitrogen and oxygen atoms in total. The van der Waals surface area contributed by atoms with E-state index in [1.165, 1.54) is 30.0 Å². The molecule has 8 heteroatoms. The van der Waals surface area contributed by atoms with Crippen molar-refractivity contribution in [3.05, 3.63) is 33.9 Å². The van der Waals surface area contributed by atoms with Gasteiger partial charge >= 0.3 is 0 Å². The molecule has 0 aromatic heterocycles. The van der Waals surface area contributed by atoms with Crippen LogP contribution in [0.5, 0.6) is 0 Å². The fourth-order valence-corrected chi connectivity index (χ4v) is 3.22. The summed E-state index contributed by atoms with van der Waals surface area (Å²) in [5, 5.41) is 19.9. The number of non-ortho nitro benzene ring substituents is 1. The predicted octanol–water partition coefficient (Wildman–Crippen LogP) is 1.47. The second kappa shape index (κ2) is 6.23. The minimum atomic E-state index is -0.552. The quantitative estimate of drug-likeness (QED) is 0.667. The molecule has 1 saturated heterocycles. The molecule has 1 aliphatic heterocycles. The number of carbonyl (C=O) groups excluding carboxylic acids is 2. The number of anilines is 1. The lowest BCUT2D eigenvalue weighted by Crippen LogP contribution is -2.26. The Morgan fingerprint density at radius 1 is 1.57 bits per heavy atom. The molecule has 1 aromatic carbocycles. The normalized spacial score (nSPS) is 18.1. The molecule has 21 heavy (non-hydrogen) atoms. The van der Waals surface area contributed by atoms with Gasteiger partial charge in [0.05, 0.1) is 11.5 Å². The standard InChI is InChI=1S/C13H14N2O5S/c1-8(17)21-11-5-13(18)14(6-11)12-3-2-10(15(19)20)4-9(12)7-16/h2-4,11,16H,5-7H2,1H3. The molecule has 1 heterocycles. The first-order valence-electron chi connectivity index (χ1n) is 6.28. The molecule has 1 amide bonds. The average Bonchev–Trinajstić information content (AvgIpc) is 2.77. The number of nitro benzene ring substituents is 1. The molecular weight excluding hydrogens is 296 g/mol. The van der Waals surface area contributed by atoms with E-state index in [-0.39, 0.29) is 28.4 Å². The van der Waals surface area contributed by atoms with Gasteiger partial charge in [-0.1, -0.05) is 11.8 Å². The van der Waals surface area contributed by atoms with Crippen molar-refractivity contribution in [2.75, 3.05) is 11.4 Å². The van der Waals surface area contributed by atoms with Crippen LogP contribution in [0.2, 0.25) is 0 Å². The fraction of sp³-hybridized carbons (Fsp3) is 0.385. The molecule has 1 fully saturated rings. The number of thioether (sulfide) groups is 1. The zero-order chi connectivity index (χ0) is 15.6.